The summed E-state index contributed by atoms with van der Waals surface area (Å²) in [5, 5.41) is 71.1. The standard InChI is InChI=1S/C18H25NO12/c1-7-11(21)12(22)14(24)17(28-7)31-16-10(6-20)30-18(15(25)13(16)23)29-9-4-2-8(3-5-9)19(26)27/h2-5,7,10-18,20-25H,6H2,1H3/t7-,10-,11+,12+,13-,14-,15-,16-,17+,18-/m1/s1. The number of nitro benzene ring substituents is 1. The first-order valence-electron chi connectivity index (χ1n) is 9.52. The van der Waals surface area contributed by atoms with E-state index in [1.165, 1.54) is 31.2 Å². The van der Waals surface area contributed by atoms with E-state index in [1.807, 2.05) is 0 Å². The number of non-ortho nitro benzene ring substituents is 1. The molecule has 1 aromatic carbocycles. The van der Waals surface area contributed by atoms with Crippen LogP contribution in [0, 0.1) is 10.1 Å². The topological polar surface area (TPSA) is 201 Å². The number of hydrogen-bond acceptors (Lipinski definition) is 12. The molecule has 2 aliphatic heterocycles. The van der Waals surface area contributed by atoms with Gasteiger partial charge in [0.1, 0.15) is 48.5 Å². The van der Waals surface area contributed by atoms with Crippen LogP contribution in [-0.2, 0) is 14.2 Å². The molecule has 0 unspecified atom stereocenters. The maximum Gasteiger partial charge on any atom is 0.269 e. The zero-order chi connectivity index (χ0) is 22.9. The molecule has 0 saturated carbocycles. The fourth-order valence-electron chi connectivity index (χ4n) is 3.38. The second-order valence-electron chi connectivity index (χ2n) is 7.36. The van der Waals surface area contributed by atoms with Crippen LogP contribution in [0.5, 0.6) is 5.75 Å². The lowest BCUT2D eigenvalue weighted by atomic mass is 9.97. The molecule has 3 rings (SSSR count). The minimum absolute atomic E-state index is 0.106. The molecule has 2 fully saturated rings. The summed E-state index contributed by atoms with van der Waals surface area (Å²) < 4.78 is 21.7. The van der Waals surface area contributed by atoms with Gasteiger partial charge in [0.15, 0.2) is 6.29 Å². The van der Waals surface area contributed by atoms with Crippen LogP contribution in [0.15, 0.2) is 24.3 Å². The van der Waals surface area contributed by atoms with Gasteiger partial charge in [0.25, 0.3) is 5.69 Å². The molecule has 0 amide bonds. The van der Waals surface area contributed by atoms with Gasteiger partial charge in [-0.3, -0.25) is 10.1 Å². The van der Waals surface area contributed by atoms with Crippen molar-refractivity contribution >= 4 is 5.69 Å². The van der Waals surface area contributed by atoms with E-state index >= 15 is 0 Å². The van der Waals surface area contributed by atoms with Crippen molar-refractivity contribution in [3.63, 3.8) is 0 Å². The number of rotatable bonds is 6. The van der Waals surface area contributed by atoms with Gasteiger partial charge in [0.2, 0.25) is 6.29 Å². The van der Waals surface area contributed by atoms with Crippen molar-refractivity contribution in [2.45, 2.75) is 68.3 Å². The third-order valence-electron chi connectivity index (χ3n) is 5.22. The maximum absolute atomic E-state index is 10.7. The van der Waals surface area contributed by atoms with Crippen LogP contribution in [0.3, 0.4) is 0 Å². The Labute approximate surface area is 176 Å². The molecule has 0 radical (unpaired) electrons. The predicted octanol–water partition coefficient (Wildman–Crippen LogP) is -2.37. The van der Waals surface area contributed by atoms with Gasteiger partial charge in [-0.15, -0.1) is 0 Å². The molecule has 2 heterocycles. The highest BCUT2D eigenvalue weighted by atomic mass is 16.7. The van der Waals surface area contributed by atoms with Gasteiger partial charge in [-0.05, 0) is 19.1 Å². The lowest BCUT2D eigenvalue weighted by Gasteiger charge is -2.45. The Bertz CT molecular complexity index is 746. The van der Waals surface area contributed by atoms with Crippen molar-refractivity contribution in [3.05, 3.63) is 34.4 Å². The first kappa shape index (κ1) is 23.7. The molecule has 0 bridgehead atoms. The largest absolute Gasteiger partial charge is 0.462 e. The third-order valence-corrected chi connectivity index (χ3v) is 5.22. The minimum atomic E-state index is -1.67. The first-order valence-corrected chi connectivity index (χ1v) is 9.52. The normalized spacial score (nSPS) is 41.0. The van der Waals surface area contributed by atoms with Crippen LogP contribution in [0.1, 0.15) is 6.92 Å². The molecule has 1 aromatic rings. The number of aliphatic hydroxyl groups is 6. The van der Waals surface area contributed by atoms with E-state index in [0.29, 0.717) is 0 Å². The van der Waals surface area contributed by atoms with Gasteiger partial charge in [-0.2, -0.15) is 0 Å². The molecule has 0 aliphatic carbocycles. The van der Waals surface area contributed by atoms with Crippen molar-refractivity contribution < 1.29 is 54.5 Å². The fraction of sp³-hybridized carbons (Fsp3) is 0.667. The molecule has 13 heteroatoms. The summed E-state index contributed by atoms with van der Waals surface area (Å²) in [5.74, 6) is 0.106. The van der Waals surface area contributed by atoms with E-state index in [4.69, 9.17) is 18.9 Å². The van der Waals surface area contributed by atoms with Crippen molar-refractivity contribution in [2.24, 2.45) is 0 Å². The van der Waals surface area contributed by atoms with Crippen LogP contribution in [0.4, 0.5) is 5.69 Å². The maximum atomic E-state index is 10.7. The van der Waals surface area contributed by atoms with Gasteiger partial charge in [-0.25, -0.2) is 0 Å². The molecule has 0 spiro atoms. The highest BCUT2D eigenvalue weighted by Crippen LogP contribution is 2.30. The highest BCUT2D eigenvalue weighted by molar-refractivity contribution is 5.36. The Morgan fingerprint density at radius 2 is 1.55 bits per heavy atom. The van der Waals surface area contributed by atoms with E-state index in [1.54, 1.807) is 0 Å². The second kappa shape index (κ2) is 9.68. The van der Waals surface area contributed by atoms with E-state index in [9.17, 15) is 40.8 Å². The molecule has 6 N–H and O–H groups in total. The monoisotopic (exact) mass is 447 g/mol. The predicted molar refractivity (Wildman–Crippen MR) is 98.7 cm³/mol. The fourth-order valence-corrected chi connectivity index (χ4v) is 3.38. The van der Waals surface area contributed by atoms with Crippen LogP contribution in [0.25, 0.3) is 0 Å². The van der Waals surface area contributed by atoms with Crippen LogP contribution in [-0.4, -0.2) is 104 Å². The Kier molecular flexibility index (Phi) is 7.41. The summed E-state index contributed by atoms with van der Waals surface area (Å²) >= 11 is 0. The number of benzene rings is 1. The van der Waals surface area contributed by atoms with Crippen LogP contribution < -0.4 is 4.74 Å². The molecular formula is C18H25NO12. The Balaban J connectivity index is 1.69. The van der Waals surface area contributed by atoms with Gasteiger partial charge >= 0.3 is 0 Å². The van der Waals surface area contributed by atoms with Gasteiger partial charge in [0.05, 0.1) is 17.6 Å². The molecule has 2 aliphatic rings. The number of hydrogen-bond donors (Lipinski definition) is 6. The Morgan fingerprint density at radius 1 is 0.935 bits per heavy atom. The highest BCUT2D eigenvalue weighted by Gasteiger charge is 2.50. The summed E-state index contributed by atoms with van der Waals surface area (Å²) in [6.07, 6.45) is -14.4. The lowest BCUT2D eigenvalue weighted by molar-refractivity contribution is -0.384. The third kappa shape index (κ3) is 4.95. The Hall–Kier alpha value is -1.94. The SMILES string of the molecule is C[C@H]1O[C@@H](O[C@H]2[C@H](O)[C@@H](O)[C@H](Oc3ccc([N+](=O)[O-])cc3)O[C@@H]2CO)[C@H](O)[C@@H](O)[C@H]1O. The smallest absolute Gasteiger partial charge is 0.269 e. The number of aliphatic hydroxyl groups excluding tert-OH is 6. The van der Waals surface area contributed by atoms with Gasteiger partial charge < -0.3 is 49.6 Å². The molecular weight excluding hydrogens is 422 g/mol. The summed E-state index contributed by atoms with van der Waals surface area (Å²) in [5.41, 5.74) is -0.174. The van der Waals surface area contributed by atoms with Crippen molar-refractivity contribution in [1.82, 2.24) is 0 Å². The molecule has 0 aromatic heterocycles. The van der Waals surface area contributed by atoms with Crippen LogP contribution in [0.2, 0.25) is 0 Å². The summed E-state index contributed by atoms with van der Waals surface area (Å²) in [6.45, 7) is 0.772. The molecule has 31 heavy (non-hydrogen) atoms. The number of ether oxygens (including phenoxy) is 4. The zero-order valence-corrected chi connectivity index (χ0v) is 16.4. The number of nitro groups is 1. The van der Waals surface area contributed by atoms with Gasteiger partial charge in [0, 0.05) is 12.1 Å². The summed E-state index contributed by atoms with van der Waals surface area (Å²) in [7, 11) is 0. The second-order valence-corrected chi connectivity index (χ2v) is 7.36. The summed E-state index contributed by atoms with van der Waals surface area (Å²) in [4.78, 5) is 10.1. The van der Waals surface area contributed by atoms with E-state index in [0.717, 1.165) is 0 Å². The Morgan fingerprint density at radius 3 is 2.13 bits per heavy atom. The summed E-state index contributed by atoms with van der Waals surface area (Å²) in [6, 6.07) is 4.91. The molecule has 2 saturated heterocycles. The average molecular weight is 447 g/mol. The quantitative estimate of drug-likeness (QED) is 0.200. The zero-order valence-electron chi connectivity index (χ0n) is 16.4. The lowest BCUT2D eigenvalue weighted by Crippen LogP contribution is -2.64. The average Bonchev–Trinajstić information content (AvgIpc) is 2.75. The number of nitrogens with zero attached hydrogens (tertiary/aromatic N) is 1. The van der Waals surface area contributed by atoms with Crippen molar-refractivity contribution in [2.75, 3.05) is 6.61 Å². The van der Waals surface area contributed by atoms with Crippen molar-refractivity contribution in [1.29, 1.82) is 0 Å². The van der Waals surface area contributed by atoms with E-state index in [2.05, 4.69) is 0 Å². The van der Waals surface area contributed by atoms with E-state index in [-0.39, 0.29) is 11.4 Å². The van der Waals surface area contributed by atoms with Crippen LogP contribution >= 0.6 is 0 Å². The van der Waals surface area contributed by atoms with Gasteiger partial charge in [-0.1, -0.05) is 0 Å². The molecule has 13 nitrogen and oxygen atoms in total. The van der Waals surface area contributed by atoms with Crippen molar-refractivity contribution in [3.8, 4) is 5.75 Å². The molecule has 10 atom stereocenters. The first-order chi connectivity index (χ1) is 14.6. The van der Waals surface area contributed by atoms with E-state index < -0.39 is 72.9 Å². The molecule has 174 valence electrons. The minimum Gasteiger partial charge on any atom is -0.462 e.